The first-order valence-electron chi connectivity index (χ1n) is 7.36. The maximum atomic E-state index is 12.3. The Kier molecular flexibility index (Phi) is 6.62. The molecule has 0 atom stereocenters. The average Bonchev–Trinajstić information content (AvgIpc) is 2.71. The van der Waals surface area contributed by atoms with Gasteiger partial charge in [0, 0.05) is 38.9 Å². The predicted molar refractivity (Wildman–Crippen MR) is 80.8 cm³/mol. The van der Waals surface area contributed by atoms with Gasteiger partial charge < -0.3 is 14.4 Å². The minimum atomic E-state index is -0.952. The number of ether oxygens (including phenoxy) is 2. The number of piperidine rings is 1. The molecule has 2 saturated heterocycles. The van der Waals surface area contributed by atoms with Gasteiger partial charge in [-0.1, -0.05) is 0 Å². The molecule has 22 heavy (non-hydrogen) atoms. The Balaban J connectivity index is 0.00000242. The number of carbonyl (C=O) groups is 3. The van der Waals surface area contributed by atoms with Crippen molar-refractivity contribution in [3.63, 3.8) is 0 Å². The van der Waals surface area contributed by atoms with Crippen molar-refractivity contribution in [2.75, 3.05) is 33.3 Å². The first-order chi connectivity index (χ1) is 10.0. The van der Waals surface area contributed by atoms with E-state index in [1.807, 2.05) is 0 Å². The molecule has 2 fully saturated rings. The Morgan fingerprint density at radius 1 is 1.32 bits per heavy atom. The number of esters is 1. The van der Waals surface area contributed by atoms with Gasteiger partial charge in [-0.05, 0) is 19.9 Å². The number of imide groups is 1. The van der Waals surface area contributed by atoms with E-state index in [2.05, 4.69) is 9.64 Å². The lowest BCUT2D eigenvalue weighted by Gasteiger charge is -2.35. The first-order valence-corrected chi connectivity index (χ1v) is 7.36. The number of carbonyl (C=O) groups excluding carboxylic acids is 3. The molecule has 2 aliphatic rings. The summed E-state index contributed by atoms with van der Waals surface area (Å²) in [4.78, 5) is 38.4. The van der Waals surface area contributed by atoms with E-state index in [4.69, 9.17) is 4.74 Å². The van der Waals surface area contributed by atoms with Gasteiger partial charge in [-0.25, -0.2) is 9.69 Å². The Morgan fingerprint density at radius 3 is 2.45 bits per heavy atom. The minimum absolute atomic E-state index is 0. The number of amides is 2. The molecule has 0 saturated carbocycles. The van der Waals surface area contributed by atoms with Crippen LogP contribution in [0.4, 0.5) is 4.79 Å². The summed E-state index contributed by atoms with van der Waals surface area (Å²) < 4.78 is 9.95. The number of rotatable bonds is 5. The standard InChI is InChI=1S/C14H22N2O5.ClH/c1-3-16-12(18)14(21-13(16)19)6-9-15(10-7-14)8-4-5-11(17)20-2;/h3-10H2,1-2H3;1H. The minimum Gasteiger partial charge on any atom is -0.469 e. The highest BCUT2D eigenvalue weighted by Gasteiger charge is 2.54. The molecule has 2 heterocycles. The molecule has 8 heteroatoms. The molecule has 0 N–H and O–H groups in total. The summed E-state index contributed by atoms with van der Waals surface area (Å²) in [7, 11) is 1.38. The SMILES string of the molecule is CCN1C(=O)OC2(CCN(CCCC(=O)OC)CC2)C1=O.Cl. The number of nitrogens with zero attached hydrogens (tertiary/aromatic N) is 2. The lowest BCUT2D eigenvalue weighted by Crippen LogP contribution is -2.50. The summed E-state index contributed by atoms with van der Waals surface area (Å²) in [6.07, 6.45) is 1.64. The van der Waals surface area contributed by atoms with Crippen molar-refractivity contribution in [3.05, 3.63) is 0 Å². The summed E-state index contributed by atoms with van der Waals surface area (Å²) in [5, 5.41) is 0. The van der Waals surface area contributed by atoms with Gasteiger partial charge >= 0.3 is 12.1 Å². The van der Waals surface area contributed by atoms with Crippen molar-refractivity contribution >= 4 is 30.4 Å². The number of halogens is 1. The van der Waals surface area contributed by atoms with E-state index >= 15 is 0 Å². The van der Waals surface area contributed by atoms with Gasteiger partial charge in [-0.15, -0.1) is 12.4 Å². The van der Waals surface area contributed by atoms with Crippen molar-refractivity contribution in [1.82, 2.24) is 9.80 Å². The van der Waals surface area contributed by atoms with Crippen molar-refractivity contribution in [2.24, 2.45) is 0 Å². The van der Waals surface area contributed by atoms with E-state index in [0.717, 1.165) is 13.0 Å². The van der Waals surface area contributed by atoms with Crippen LogP contribution in [0.25, 0.3) is 0 Å². The number of hydrogen-bond donors (Lipinski definition) is 0. The van der Waals surface area contributed by atoms with E-state index in [1.54, 1.807) is 6.92 Å². The van der Waals surface area contributed by atoms with Crippen LogP contribution < -0.4 is 0 Å². The van der Waals surface area contributed by atoms with Crippen LogP contribution in [0.3, 0.4) is 0 Å². The van der Waals surface area contributed by atoms with Gasteiger partial charge in [0.2, 0.25) is 0 Å². The summed E-state index contributed by atoms with van der Waals surface area (Å²) in [6, 6.07) is 0. The van der Waals surface area contributed by atoms with E-state index in [0.29, 0.717) is 38.9 Å². The van der Waals surface area contributed by atoms with Crippen LogP contribution in [0.15, 0.2) is 0 Å². The van der Waals surface area contributed by atoms with Gasteiger partial charge in [0.15, 0.2) is 5.60 Å². The second-order valence-corrected chi connectivity index (χ2v) is 5.43. The number of likely N-dealkylation sites (N-methyl/N-ethyl adjacent to an activating group) is 1. The smallest absolute Gasteiger partial charge is 0.417 e. The average molecular weight is 335 g/mol. The van der Waals surface area contributed by atoms with Gasteiger partial charge in [-0.3, -0.25) is 9.59 Å². The van der Waals surface area contributed by atoms with Crippen LogP contribution in [0.2, 0.25) is 0 Å². The Labute approximate surface area is 136 Å². The lowest BCUT2D eigenvalue weighted by molar-refractivity contribution is -0.140. The second-order valence-electron chi connectivity index (χ2n) is 5.43. The van der Waals surface area contributed by atoms with Crippen LogP contribution in [0.5, 0.6) is 0 Å². The van der Waals surface area contributed by atoms with Crippen molar-refractivity contribution < 1.29 is 23.9 Å². The fourth-order valence-corrected chi connectivity index (χ4v) is 2.87. The van der Waals surface area contributed by atoms with Crippen LogP contribution in [-0.2, 0) is 19.1 Å². The topological polar surface area (TPSA) is 76.2 Å². The predicted octanol–water partition coefficient (Wildman–Crippen LogP) is 1.19. The Bertz CT molecular complexity index is 435. The highest BCUT2D eigenvalue weighted by molar-refractivity contribution is 6.02. The molecule has 0 unspecified atom stereocenters. The molecule has 1 spiro atoms. The van der Waals surface area contributed by atoms with Gasteiger partial charge in [0.1, 0.15) is 0 Å². The summed E-state index contributed by atoms with van der Waals surface area (Å²) in [5.41, 5.74) is -0.952. The van der Waals surface area contributed by atoms with E-state index < -0.39 is 11.7 Å². The normalized spacial score (nSPS) is 20.7. The maximum absolute atomic E-state index is 12.3. The van der Waals surface area contributed by atoms with Gasteiger partial charge in [0.05, 0.1) is 7.11 Å². The third kappa shape index (κ3) is 3.70. The van der Waals surface area contributed by atoms with Crippen LogP contribution >= 0.6 is 12.4 Å². The van der Waals surface area contributed by atoms with E-state index in [-0.39, 0.29) is 24.3 Å². The molecule has 126 valence electrons. The van der Waals surface area contributed by atoms with E-state index in [1.165, 1.54) is 12.0 Å². The zero-order chi connectivity index (χ0) is 15.5. The lowest BCUT2D eigenvalue weighted by atomic mass is 9.90. The zero-order valence-electron chi connectivity index (χ0n) is 13.0. The summed E-state index contributed by atoms with van der Waals surface area (Å²) in [6.45, 7) is 4.28. The zero-order valence-corrected chi connectivity index (χ0v) is 13.8. The fraction of sp³-hybridized carbons (Fsp3) is 0.786. The highest BCUT2D eigenvalue weighted by Crippen LogP contribution is 2.34. The van der Waals surface area contributed by atoms with Gasteiger partial charge in [-0.2, -0.15) is 0 Å². The molecule has 0 aliphatic carbocycles. The van der Waals surface area contributed by atoms with Crippen molar-refractivity contribution in [3.8, 4) is 0 Å². The molecule has 0 aromatic carbocycles. The first kappa shape index (κ1) is 18.7. The van der Waals surface area contributed by atoms with Crippen LogP contribution in [-0.4, -0.2) is 66.7 Å². The van der Waals surface area contributed by atoms with E-state index in [9.17, 15) is 14.4 Å². The highest BCUT2D eigenvalue weighted by atomic mass is 35.5. The third-order valence-electron chi connectivity index (χ3n) is 4.20. The molecular weight excluding hydrogens is 312 g/mol. The third-order valence-corrected chi connectivity index (χ3v) is 4.20. The second kappa shape index (κ2) is 7.78. The molecule has 2 rings (SSSR count). The van der Waals surface area contributed by atoms with Crippen LogP contribution in [0.1, 0.15) is 32.6 Å². The molecule has 2 amide bonds. The maximum Gasteiger partial charge on any atom is 0.417 e. The van der Waals surface area contributed by atoms with Gasteiger partial charge in [0.25, 0.3) is 5.91 Å². The quantitative estimate of drug-likeness (QED) is 0.703. The summed E-state index contributed by atoms with van der Waals surface area (Å²) in [5.74, 6) is -0.411. The van der Waals surface area contributed by atoms with Crippen LogP contribution in [0, 0.1) is 0 Å². The number of hydrogen-bond acceptors (Lipinski definition) is 6. The molecule has 0 bridgehead atoms. The monoisotopic (exact) mass is 334 g/mol. The van der Waals surface area contributed by atoms with Crippen molar-refractivity contribution in [2.45, 2.75) is 38.2 Å². The largest absolute Gasteiger partial charge is 0.469 e. The Morgan fingerprint density at radius 2 is 1.95 bits per heavy atom. The van der Waals surface area contributed by atoms with Crippen molar-refractivity contribution in [1.29, 1.82) is 0 Å². The molecule has 2 aliphatic heterocycles. The molecule has 0 radical (unpaired) electrons. The molecule has 0 aromatic rings. The molecule has 0 aromatic heterocycles. The Hall–Kier alpha value is -1.34. The fourth-order valence-electron chi connectivity index (χ4n) is 2.87. The molecular formula is C14H23ClN2O5. The number of likely N-dealkylation sites (tertiary alicyclic amines) is 1. The number of methoxy groups -OCH3 is 1. The summed E-state index contributed by atoms with van der Waals surface area (Å²) >= 11 is 0. The molecule has 7 nitrogen and oxygen atoms in total.